The molecule has 0 saturated carbocycles. The van der Waals surface area contributed by atoms with E-state index in [1.807, 2.05) is 37.3 Å². The molecule has 7 nitrogen and oxygen atoms in total. The zero-order valence-electron chi connectivity index (χ0n) is 14.2. The van der Waals surface area contributed by atoms with E-state index in [-0.39, 0.29) is 5.91 Å². The second-order valence-electron chi connectivity index (χ2n) is 5.64. The lowest BCUT2D eigenvalue weighted by Crippen LogP contribution is -2.06. The topological polar surface area (TPSA) is 91.8 Å². The molecule has 0 aliphatic rings. The molecule has 8 heteroatoms. The van der Waals surface area contributed by atoms with Crippen LogP contribution in [-0.2, 0) is 4.79 Å². The Morgan fingerprint density at radius 3 is 2.58 bits per heavy atom. The van der Waals surface area contributed by atoms with Crippen molar-refractivity contribution in [1.82, 2.24) is 15.2 Å². The SMILES string of the molecule is CC(=O)Nc1cccc(Nc2nncc(Nc3ccc(C)c(Cl)c3)n2)c1. The molecule has 0 saturated heterocycles. The summed E-state index contributed by atoms with van der Waals surface area (Å²) in [5.74, 6) is 0.719. The molecule has 26 heavy (non-hydrogen) atoms. The molecule has 1 aromatic heterocycles. The minimum Gasteiger partial charge on any atom is -0.339 e. The van der Waals surface area contributed by atoms with Crippen molar-refractivity contribution in [2.45, 2.75) is 13.8 Å². The van der Waals surface area contributed by atoms with E-state index in [1.54, 1.807) is 12.1 Å². The summed E-state index contributed by atoms with van der Waals surface area (Å²) in [6.07, 6.45) is 1.52. The fraction of sp³-hybridized carbons (Fsp3) is 0.111. The van der Waals surface area contributed by atoms with Crippen LogP contribution in [0.15, 0.2) is 48.7 Å². The molecular formula is C18H17ClN6O. The number of aryl methyl sites for hydroxylation is 1. The van der Waals surface area contributed by atoms with Gasteiger partial charge in [0.2, 0.25) is 11.9 Å². The van der Waals surface area contributed by atoms with Crippen LogP contribution in [-0.4, -0.2) is 21.1 Å². The van der Waals surface area contributed by atoms with Gasteiger partial charge in [0.05, 0.1) is 6.20 Å². The van der Waals surface area contributed by atoms with Crippen molar-refractivity contribution in [3.63, 3.8) is 0 Å². The van der Waals surface area contributed by atoms with Crippen LogP contribution in [0.1, 0.15) is 12.5 Å². The molecule has 0 atom stereocenters. The Kier molecular flexibility index (Phi) is 5.28. The minimum absolute atomic E-state index is 0.136. The highest BCUT2D eigenvalue weighted by molar-refractivity contribution is 6.31. The number of carbonyl (C=O) groups is 1. The summed E-state index contributed by atoms with van der Waals surface area (Å²) in [5.41, 5.74) is 3.21. The normalized spacial score (nSPS) is 10.3. The highest BCUT2D eigenvalue weighted by Gasteiger charge is 2.04. The number of amides is 1. The number of benzene rings is 2. The molecule has 3 N–H and O–H groups in total. The van der Waals surface area contributed by atoms with Gasteiger partial charge >= 0.3 is 0 Å². The molecule has 1 heterocycles. The van der Waals surface area contributed by atoms with Gasteiger partial charge in [0, 0.05) is 29.0 Å². The van der Waals surface area contributed by atoms with Gasteiger partial charge in [0.15, 0.2) is 5.82 Å². The molecule has 0 spiro atoms. The zero-order chi connectivity index (χ0) is 18.5. The molecule has 0 radical (unpaired) electrons. The number of rotatable bonds is 5. The van der Waals surface area contributed by atoms with E-state index >= 15 is 0 Å². The molecule has 1 amide bonds. The Morgan fingerprint density at radius 2 is 1.81 bits per heavy atom. The van der Waals surface area contributed by atoms with E-state index in [0.29, 0.717) is 22.5 Å². The number of hydrogen-bond acceptors (Lipinski definition) is 6. The predicted octanol–water partition coefficient (Wildman–Crippen LogP) is 4.28. The Morgan fingerprint density at radius 1 is 1.04 bits per heavy atom. The smallest absolute Gasteiger partial charge is 0.249 e. The van der Waals surface area contributed by atoms with Gasteiger partial charge in [-0.3, -0.25) is 4.79 Å². The highest BCUT2D eigenvalue weighted by atomic mass is 35.5. The van der Waals surface area contributed by atoms with E-state index in [9.17, 15) is 4.79 Å². The molecule has 0 unspecified atom stereocenters. The molecule has 3 aromatic rings. The first kappa shape index (κ1) is 17.6. The summed E-state index contributed by atoms with van der Waals surface area (Å²) in [4.78, 5) is 15.5. The Balaban J connectivity index is 1.75. The number of carbonyl (C=O) groups excluding carboxylic acids is 1. The van der Waals surface area contributed by atoms with Gasteiger partial charge in [-0.05, 0) is 42.8 Å². The third-order valence-electron chi connectivity index (χ3n) is 3.44. The van der Waals surface area contributed by atoms with Crippen molar-refractivity contribution < 1.29 is 4.79 Å². The Hall–Kier alpha value is -3.19. The number of halogens is 1. The van der Waals surface area contributed by atoms with Gasteiger partial charge in [0.1, 0.15) is 0 Å². The van der Waals surface area contributed by atoms with E-state index in [0.717, 1.165) is 16.9 Å². The molecule has 0 fully saturated rings. The largest absolute Gasteiger partial charge is 0.339 e. The monoisotopic (exact) mass is 368 g/mol. The summed E-state index contributed by atoms with van der Waals surface area (Å²) >= 11 is 6.14. The van der Waals surface area contributed by atoms with E-state index in [1.165, 1.54) is 13.1 Å². The molecule has 0 aliphatic heterocycles. The first-order valence-electron chi connectivity index (χ1n) is 7.87. The van der Waals surface area contributed by atoms with E-state index in [2.05, 4.69) is 31.1 Å². The van der Waals surface area contributed by atoms with Crippen molar-refractivity contribution in [2.24, 2.45) is 0 Å². The number of aromatic nitrogens is 3. The third-order valence-corrected chi connectivity index (χ3v) is 3.85. The summed E-state index contributed by atoms with van der Waals surface area (Å²) in [5, 5.41) is 17.5. The fourth-order valence-corrected chi connectivity index (χ4v) is 2.42. The number of anilines is 5. The Bertz CT molecular complexity index is 946. The predicted molar refractivity (Wildman–Crippen MR) is 103 cm³/mol. The average Bonchev–Trinajstić information content (AvgIpc) is 2.58. The number of nitrogens with one attached hydrogen (secondary N) is 3. The standard InChI is InChI=1S/C18H17ClN6O/c1-11-6-7-15(9-16(11)19)22-17-10-20-25-18(24-17)23-14-5-3-4-13(8-14)21-12(2)26/h3-10H,1-2H3,(H,21,26)(H2,22,23,24,25). The summed E-state index contributed by atoms with van der Waals surface area (Å²) in [6.45, 7) is 3.40. The fourth-order valence-electron chi connectivity index (χ4n) is 2.24. The van der Waals surface area contributed by atoms with Crippen LogP contribution in [0.2, 0.25) is 5.02 Å². The summed E-state index contributed by atoms with van der Waals surface area (Å²) in [6, 6.07) is 12.9. The molecule has 0 aliphatic carbocycles. The zero-order valence-corrected chi connectivity index (χ0v) is 15.0. The lowest BCUT2D eigenvalue weighted by Gasteiger charge is -2.09. The van der Waals surface area contributed by atoms with E-state index < -0.39 is 0 Å². The van der Waals surface area contributed by atoms with Gasteiger partial charge in [-0.2, -0.15) is 10.1 Å². The lowest BCUT2D eigenvalue weighted by atomic mass is 10.2. The maximum absolute atomic E-state index is 11.2. The van der Waals surface area contributed by atoms with Crippen molar-refractivity contribution >= 4 is 46.3 Å². The van der Waals surface area contributed by atoms with Crippen LogP contribution in [0, 0.1) is 6.92 Å². The minimum atomic E-state index is -0.136. The molecular weight excluding hydrogens is 352 g/mol. The van der Waals surface area contributed by atoms with Gasteiger partial charge in [0.25, 0.3) is 0 Å². The van der Waals surface area contributed by atoms with Crippen LogP contribution in [0.25, 0.3) is 0 Å². The second kappa shape index (κ2) is 7.79. The van der Waals surface area contributed by atoms with Crippen LogP contribution in [0.5, 0.6) is 0 Å². The molecule has 3 rings (SSSR count). The van der Waals surface area contributed by atoms with Gasteiger partial charge in [-0.1, -0.05) is 23.7 Å². The van der Waals surface area contributed by atoms with Gasteiger partial charge in [-0.15, -0.1) is 5.10 Å². The van der Waals surface area contributed by atoms with Gasteiger partial charge in [-0.25, -0.2) is 0 Å². The van der Waals surface area contributed by atoms with E-state index in [4.69, 9.17) is 11.6 Å². The number of hydrogen-bond donors (Lipinski definition) is 3. The summed E-state index contributed by atoms with van der Waals surface area (Å²) in [7, 11) is 0. The van der Waals surface area contributed by atoms with Crippen LogP contribution in [0.4, 0.5) is 28.8 Å². The quantitative estimate of drug-likeness (QED) is 0.622. The number of nitrogens with zero attached hydrogens (tertiary/aromatic N) is 3. The molecule has 132 valence electrons. The maximum atomic E-state index is 11.2. The first-order chi connectivity index (χ1) is 12.5. The first-order valence-corrected chi connectivity index (χ1v) is 8.25. The van der Waals surface area contributed by atoms with Crippen molar-refractivity contribution in [1.29, 1.82) is 0 Å². The Labute approximate surface area is 155 Å². The van der Waals surface area contributed by atoms with Crippen LogP contribution >= 0.6 is 11.6 Å². The van der Waals surface area contributed by atoms with Gasteiger partial charge < -0.3 is 16.0 Å². The molecule has 0 bridgehead atoms. The lowest BCUT2D eigenvalue weighted by molar-refractivity contribution is -0.114. The van der Waals surface area contributed by atoms with Crippen molar-refractivity contribution in [3.8, 4) is 0 Å². The van der Waals surface area contributed by atoms with Crippen molar-refractivity contribution in [3.05, 3.63) is 59.2 Å². The summed E-state index contributed by atoms with van der Waals surface area (Å²) < 4.78 is 0. The maximum Gasteiger partial charge on any atom is 0.249 e. The van der Waals surface area contributed by atoms with Crippen molar-refractivity contribution in [2.75, 3.05) is 16.0 Å². The van der Waals surface area contributed by atoms with Crippen LogP contribution in [0.3, 0.4) is 0 Å². The molecule has 2 aromatic carbocycles. The van der Waals surface area contributed by atoms with Crippen LogP contribution < -0.4 is 16.0 Å². The average molecular weight is 369 g/mol. The third kappa shape index (κ3) is 4.67. The highest BCUT2D eigenvalue weighted by Crippen LogP contribution is 2.23. The second-order valence-corrected chi connectivity index (χ2v) is 6.05.